The molecule has 0 atom stereocenters. The van der Waals surface area contributed by atoms with Gasteiger partial charge in [0.2, 0.25) is 11.7 Å². The first kappa shape index (κ1) is 21.0. The van der Waals surface area contributed by atoms with Gasteiger partial charge in [-0.05, 0) is 42.0 Å². The normalized spacial score (nSPS) is 11.2. The molecule has 0 aliphatic heterocycles. The van der Waals surface area contributed by atoms with Gasteiger partial charge in [0.1, 0.15) is 11.6 Å². The molecule has 2 heterocycles. The minimum absolute atomic E-state index is 0.152. The van der Waals surface area contributed by atoms with Crippen LogP contribution in [0.5, 0.6) is 0 Å². The fraction of sp³-hybridized carbons (Fsp3) is 0.0833. The van der Waals surface area contributed by atoms with Gasteiger partial charge in [-0.25, -0.2) is 13.8 Å². The van der Waals surface area contributed by atoms with Crippen LogP contribution in [0.2, 0.25) is 0 Å². The van der Waals surface area contributed by atoms with Gasteiger partial charge in [-0.15, -0.1) is 0 Å². The first-order chi connectivity index (χ1) is 16.1. The summed E-state index contributed by atoms with van der Waals surface area (Å²) in [5, 5.41) is 4.80. The summed E-state index contributed by atoms with van der Waals surface area (Å²) in [5.74, 6) is -0.135. The molecular formula is C24H16F2N4O2S. The van der Waals surface area contributed by atoms with Crippen molar-refractivity contribution < 1.29 is 13.3 Å². The zero-order chi connectivity index (χ0) is 22.8. The average Bonchev–Trinajstić information content (AvgIpc) is 3.30. The number of halogens is 2. The number of hydrogen-bond acceptors (Lipinski definition) is 6. The van der Waals surface area contributed by atoms with Gasteiger partial charge in [0.05, 0.1) is 28.8 Å². The molecule has 9 heteroatoms. The van der Waals surface area contributed by atoms with E-state index < -0.39 is 5.82 Å². The maximum atomic E-state index is 14.0. The molecule has 0 bridgehead atoms. The van der Waals surface area contributed by atoms with E-state index >= 15 is 0 Å². The minimum Gasteiger partial charge on any atom is -0.338 e. The summed E-state index contributed by atoms with van der Waals surface area (Å²) in [7, 11) is 0. The summed E-state index contributed by atoms with van der Waals surface area (Å²) in [6.45, 7) is 0.226. The molecule has 164 valence electrons. The van der Waals surface area contributed by atoms with E-state index in [2.05, 4.69) is 15.1 Å². The van der Waals surface area contributed by atoms with Gasteiger partial charge in [-0.3, -0.25) is 9.36 Å². The molecule has 2 aromatic heterocycles. The Morgan fingerprint density at radius 1 is 0.909 bits per heavy atom. The molecule has 0 fully saturated rings. The van der Waals surface area contributed by atoms with Crippen LogP contribution in [0.15, 0.2) is 87.3 Å². The van der Waals surface area contributed by atoms with Crippen LogP contribution in [-0.2, 0) is 12.3 Å². The molecule has 5 aromatic rings. The number of aromatic nitrogens is 4. The Hall–Kier alpha value is -3.85. The fourth-order valence-electron chi connectivity index (χ4n) is 3.36. The maximum absolute atomic E-state index is 14.0. The van der Waals surface area contributed by atoms with Gasteiger partial charge in [-0.1, -0.05) is 53.3 Å². The van der Waals surface area contributed by atoms with E-state index in [1.807, 2.05) is 6.07 Å². The lowest BCUT2D eigenvalue weighted by Crippen LogP contribution is -2.24. The fourth-order valence-corrected chi connectivity index (χ4v) is 4.20. The van der Waals surface area contributed by atoms with E-state index in [1.54, 1.807) is 48.5 Å². The van der Waals surface area contributed by atoms with Crippen molar-refractivity contribution in [2.24, 2.45) is 0 Å². The lowest BCUT2D eigenvalue weighted by atomic mass is 10.2. The van der Waals surface area contributed by atoms with Gasteiger partial charge in [0, 0.05) is 0 Å². The van der Waals surface area contributed by atoms with Gasteiger partial charge in [0.15, 0.2) is 5.16 Å². The van der Waals surface area contributed by atoms with Crippen molar-refractivity contribution in [1.29, 1.82) is 0 Å². The molecule has 0 unspecified atom stereocenters. The lowest BCUT2D eigenvalue weighted by molar-refractivity contribution is 0.391. The number of nitrogens with zero attached hydrogens (tertiary/aromatic N) is 4. The van der Waals surface area contributed by atoms with Crippen molar-refractivity contribution in [2.45, 2.75) is 17.5 Å². The molecule has 33 heavy (non-hydrogen) atoms. The van der Waals surface area contributed by atoms with Gasteiger partial charge < -0.3 is 4.52 Å². The van der Waals surface area contributed by atoms with Crippen LogP contribution in [0.4, 0.5) is 8.78 Å². The summed E-state index contributed by atoms with van der Waals surface area (Å²) in [4.78, 5) is 22.1. The van der Waals surface area contributed by atoms with Crippen LogP contribution in [0, 0.1) is 11.6 Å². The van der Waals surface area contributed by atoms with E-state index in [1.165, 1.54) is 34.5 Å². The molecular weight excluding hydrogens is 446 g/mol. The molecule has 5 rings (SSSR count). The third-order valence-corrected chi connectivity index (χ3v) is 5.95. The molecule has 0 aliphatic carbocycles. The van der Waals surface area contributed by atoms with Gasteiger partial charge in [0.25, 0.3) is 5.56 Å². The zero-order valence-electron chi connectivity index (χ0n) is 17.1. The SMILES string of the molecule is O=c1c2ccccc2nc(SCc2nc(-c3ccccc3F)no2)n1Cc1ccc(F)cc1. The number of thioether (sulfide) groups is 1. The van der Waals surface area contributed by atoms with E-state index in [0.717, 1.165) is 5.56 Å². The molecule has 0 saturated heterocycles. The van der Waals surface area contributed by atoms with Crippen LogP contribution in [0.25, 0.3) is 22.3 Å². The van der Waals surface area contributed by atoms with Crippen molar-refractivity contribution in [2.75, 3.05) is 0 Å². The van der Waals surface area contributed by atoms with E-state index in [9.17, 15) is 13.6 Å². The summed E-state index contributed by atoms with van der Waals surface area (Å²) in [6.07, 6.45) is 0. The Kier molecular flexibility index (Phi) is 5.70. The van der Waals surface area contributed by atoms with Crippen LogP contribution >= 0.6 is 11.8 Å². The maximum Gasteiger partial charge on any atom is 0.262 e. The Morgan fingerprint density at radius 2 is 1.67 bits per heavy atom. The van der Waals surface area contributed by atoms with E-state index in [-0.39, 0.29) is 41.0 Å². The average molecular weight is 462 g/mol. The van der Waals surface area contributed by atoms with Gasteiger partial charge >= 0.3 is 0 Å². The van der Waals surface area contributed by atoms with Gasteiger partial charge in [-0.2, -0.15) is 4.98 Å². The first-order valence-electron chi connectivity index (χ1n) is 10.0. The molecule has 0 spiro atoms. The van der Waals surface area contributed by atoms with E-state index in [0.29, 0.717) is 16.1 Å². The number of hydrogen-bond donors (Lipinski definition) is 0. The number of benzene rings is 3. The monoisotopic (exact) mass is 462 g/mol. The largest absolute Gasteiger partial charge is 0.338 e. The molecule has 0 radical (unpaired) electrons. The van der Waals surface area contributed by atoms with Crippen LogP contribution in [-0.4, -0.2) is 19.7 Å². The van der Waals surface area contributed by atoms with Crippen molar-refractivity contribution in [3.05, 3.63) is 106 Å². The number of para-hydroxylation sites is 1. The summed E-state index contributed by atoms with van der Waals surface area (Å²) in [6, 6.07) is 19.2. The lowest BCUT2D eigenvalue weighted by Gasteiger charge is -2.12. The quantitative estimate of drug-likeness (QED) is 0.259. The highest BCUT2D eigenvalue weighted by Crippen LogP contribution is 2.25. The summed E-state index contributed by atoms with van der Waals surface area (Å²) >= 11 is 1.25. The molecule has 0 aliphatic rings. The highest BCUT2D eigenvalue weighted by molar-refractivity contribution is 7.98. The van der Waals surface area contributed by atoms with Crippen molar-refractivity contribution >= 4 is 22.7 Å². The topological polar surface area (TPSA) is 73.8 Å². The number of rotatable bonds is 6. The smallest absolute Gasteiger partial charge is 0.262 e. The van der Waals surface area contributed by atoms with Crippen LogP contribution in [0.1, 0.15) is 11.5 Å². The second-order valence-electron chi connectivity index (χ2n) is 7.21. The third-order valence-electron chi connectivity index (χ3n) is 4.99. The van der Waals surface area contributed by atoms with Crippen molar-refractivity contribution in [1.82, 2.24) is 19.7 Å². The highest BCUT2D eigenvalue weighted by Gasteiger charge is 2.16. The molecule has 3 aromatic carbocycles. The summed E-state index contributed by atoms with van der Waals surface area (Å²) in [5.41, 5.74) is 1.37. The predicted octanol–water partition coefficient (Wildman–Crippen LogP) is 5.07. The highest BCUT2D eigenvalue weighted by atomic mass is 32.2. The van der Waals surface area contributed by atoms with Crippen LogP contribution < -0.4 is 5.56 Å². The Bertz CT molecular complexity index is 1500. The standard InChI is InChI=1S/C24H16F2N4O2S/c25-16-11-9-15(10-12-16)13-30-23(31)18-6-2-4-8-20(18)27-24(30)33-14-21-28-22(29-32-21)17-5-1-3-7-19(17)26/h1-12H,13-14H2. The molecule has 6 nitrogen and oxygen atoms in total. The summed E-state index contributed by atoms with van der Waals surface area (Å²) < 4.78 is 34.1. The minimum atomic E-state index is -0.443. The molecule has 0 amide bonds. The Labute approximate surface area is 190 Å². The Balaban J connectivity index is 1.46. The first-order valence-corrected chi connectivity index (χ1v) is 11.0. The predicted molar refractivity (Wildman–Crippen MR) is 121 cm³/mol. The van der Waals surface area contributed by atoms with Crippen LogP contribution in [0.3, 0.4) is 0 Å². The second-order valence-corrected chi connectivity index (χ2v) is 8.15. The zero-order valence-corrected chi connectivity index (χ0v) is 17.9. The third kappa shape index (κ3) is 4.40. The number of fused-ring (bicyclic) bond motifs is 1. The molecule has 0 N–H and O–H groups in total. The molecule has 0 saturated carbocycles. The van der Waals surface area contributed by atoms with E-state index in [4.69, 9.17) is 4.52 Å². The Morgan fingerprint density at radius 3 is 2.48 bits per heavy atom. The van der Waals surface area contributed by atoms with Crippen molar-refractivity contribution in [3.8, 4) is 11.4 Å². The second kappa shape index (κ2) is 8.95. The van der Waals surface area contributed by atoms with Crippen molar-refractivity contribution in [3.63, 3.8) is 0 Å².